The lowest BCUT2D eigenvalue weighted by molar-refractivity contribution is -0.132. The molecule has 0 fully saturated rings. The Hall–Kier alpha value is -1.60. The van der Waals surface area contributed by atoms with Crippen LogP contribution in [0.25, 0.3) is 6.08 Å². The Morgan fingerprint density at radius 2 is 2.50 bits per heavy atom. The molecule has 1 rings (SSSR count). The molecule has 0 saturated heterocycles. The van der Waals surface area contributed by atoms with Gasteiger partial charge in [-0.1, -0.05) is 6.07 Å². The summed E-state index contributed by atoms with van der Waals surface area (Å²) in [5.74, 6) is -1.19. The Balaban J connectivity index is 2.95. The summed E-state index contributed by atoms with van der Waals surface area (Å²) in [5, 5.41) is 18.7. The molecule has 1 N–H and O–H groups in total. The van der Waals surface area contributed by atoms with Gasteiger partial charge in [-0.25, -0.2) is 4.79 Å². The molecule has 0 bridgehead atoms. The molecule has 0 amide bonds. The molecular formula is C8H5NO2S. The highest BCUT2D eigenvalue weighted by molar-refractivity contribution is 7.10. The second kappa shape index (κ2) is 3.69. The Kier molecular flexibility index (Phi) is 2.62. The van der Waals surface area contributed by atoms with Crippen LogP contribution in [0.5, 0.6) is 0 Å². The summed E-state index contributed by atoms with van der Waals surface area (Å²) in [7, 11) is 0. The lowest BCUT2D eigenvalue weighted by Crippen LogP contribution is -1.96. The minimum absolute atomic E-state index is 0.238. The van der Waals surface area contributed by atoms with Crippen molar-refractivity contribution in [3.05, 3.63) is 28.0 Å². The number of hydrogen-bond donors (Lipinski definition) is 1. The first-order chi connectivity index (χ1) is 5.74. The van der Waals surface area contributed by atoms with Crippen molar-refractivity contribution in [2.45, 2.75) is 0 Å². The molecule has 0 radical (unpaired) electrons. The molecule has 0 spiro atoms. The molecule has 3 nitrogen and oxygen atoms in total. The standard InChI is InChI=1S/C8H5NO2S/c9-5-6(8(10)11)4-7-2-1-3-12-7/h1-4H,(H,10,11)/b6-4+. The number of nitrogens with zero attached hydrogens (tertiary/aromatic N) is 1. The fourth-order valence-electron chi connectivity index (χ4n) is 0.657. The van der Waals surface area contributed by atoms with Gasteiger partial charge in [-0.15, -0.1) is 11.3 Å². The van der Waals surface area contributed by atoms with Gasteiger partial charge in [0, 0.05) is 4.88 Å². The first kappa shape index (κ1) is 8.50. The van der Waals surface area contributed by atoms with E-state index in [0.29, 0.717) is 0 Å². The van der Waals surface area contributed by atoms with E-state index in [0.717, 1.165) is 4.88 Å². The van der Waals surface area contributed by atoms with Crippen molar-refractivity contribution in [2.24, 2.45) is 0 Å². The second-order valence-electron chi connectivity index (χ2n) is 1.99. The minimum Gasteiger partial charge on any atom is -0.477 e. The summed E-state index contributed by atoms with van der Waals surface area (Å²) in [5.41, 5.74) is -0.238. The summed E-state index contributed by atoms with van der Waals surface area (Å²) < 4.78 is 0. The quantitative estimate of drug-likeness (QED) is 0.555. The van der Waals surface area contributed by atoms with E-state index < -0.39 is 5.97 Å². The summed E-state index contributed by atoms with van der Waals surface area (Å²) in [6.07, 6.45) is 1.35. The average molecular weight is 179 g/mol. The van der Waals surface area contributed by atoms with Crippen LogP contribution >= 0.6 is 11.3 Å². The van der Waals surface area contributed by atoms with Gasteiger partial charge >= 0.3 is 5.97 Å². The maximum Gasteiger partial charge on any atom is 0.346 e. The van der Waals surface area contributed by atoms with E-state index in [2.05, 4.69) is 0 Å². The molecule has 1 aromatic rings. The minimum atomic E-state index is -1.19. The third kappa shape index (κ3) is 1.94. The third-order valence-electron chi connectivity index (χ3n) is 1.18. The van der Waals surface area contributed by atoms with E-state index in [1.807, 2.05) is 5.38 Å². The number of thiophene rings is 1. The summed E-state index contributed by atoms with van der Waals surface area (Å²) in [6.45, 7) is 0. The Morgan fingerprint density at radius 3 is 2.92 bits per heavy atom. The molecular weight excluding hydrogens is 174 g/mol. The molecule has 12 heavy (non-hydrogen) atoms. The van der Waals surface area contributed by atoms with Crippen LogP contribution in [0.1, 0.15) is 4.88 Å². The monoisotopic (exact) mass is 179 g/mol. The van der Waals surface area contributed by atoms with Crippen LogP contribution in [0, 0.1) is 11.3 Å². The SMILES string of the molecule is N#C/C(=C\c1cccs1)C(=O)O. The fraction of sp³-hybridized carbons (Fsp3) is 0. The fourth-order valence-corrected chi connectivity index (χ4v) is 1.31. The lowest BCUT2D eigenvalue weighted by Gasteiger charge is -1.86. The molecule has 60 valence electrons. The molecule has 0 aliphatic heterocycles. The van der Waals surface area contributed by atoms with Gasteiger partial charge in [-0.3, -0.25) is 0 Å². The van der Waals surface area contributed by atoms with E-state index in [-0.39, 0.29) is 5.57 Å². The Morgan fingerprint density at radius 1 is 1.75 bits per heavy atom. The number of rotatable bonds is 2. The first-order valence-corrected chi connectivity index (χ1v) is 4.00. The van der Waals surface area contributed by atoms with Crippen molar-refractivity contribution < 1.29 is 9.90 Å². The van der Waals surface area contributed by atoms with Crippen molar-refractivity contribution >= 4 is 23.4 Å². The van der Waals surface area contributed by atoms with E-state index >= 15 is 0 Å². The van der Waals surface area contributed by atoms with Crippen LogP contribution in [0.4, 0.5) is 0 Å². The second-order valence-corrected chi connectivity index (χ2v) is 2.97. The van der Waals surface area contributed by atoms with E-state index in [9.17, 15) is 4.79 Å². The van der Waals surface area contributed by atoms with Crippen molar-refractivity contribution in [1.29, 1.82) is 5.26 Å². The molecule has 4 heteroatoms. The molecule has 1 aromatic heterocycles. The smallest absolute Gasteiger partial charge is 0.346 e. The number of carbonyl (C=O) groups is 1. The largest absolute Gasteiger partial charge is 0.477 e. The van der Waals surface area contributed by atoms with Crippen LogP contribution in [0.2, 0.25) is 0 Å². The highest BCUT2D eigenvalue weighted by atomic mass is 32.1. The maximum absolute atomic E-state index is 10.4. The number of nitriles is 1. The molecule has 0 atom stereocenters. The average Bonchev–Trinajstić information content (AvgIpc) is 2.51. The number of carboxylic acid groups (broad SMARTS) is 1. The normalized spacial score (nSPS) is 10.8. The Labute approximate surface area is 73.2 Å². The highest BCUT2D eigenvalue weighted by Gasteiger charge is 2.05. The zero-order valence-electron chi connectivity index (χ0n) is 6.02. The number of aliphatic carboxylic acids is 1. The van der Waals surface area contributed by atoms with Gasteiger partial charge < -0.3 is 5.11 Å². The summed E-state index contributed by atoms with van der Waals surface area (Å²) in [4.78, 5) is 11.1. The number of carboxylic acids is 1. The maximum atomic E-state index is 10.4. The predicted octanol–water partition coefficient (Wildman–Crippen LogP) is 1.74. The van der Waals surface area contributed by atoms with E-state index in [4.69, 9.17) is 10.4 Å². The zero-order valence-corrected chi connectivity index (χ0v) is 6.84. The highest BCUT2D eigenvalue weighted by Crippen LogP contribution is 2.12. The molecule has 0 unspecified atom stereocenters. The van der Waals surface area contributed by atoms with Crippen LogP contribution in [0.15, 0.2) is 23.1 Å². The van der Waals surface area contributed by atoms with Crippen molar-refractivity contribution in [3.8, 4) is 6.07 Å². The topological polar surface area (TPSA) is 61.1 Å². The van der Waals surface area contributed by atoms with Crippen molar-refractivity contribution in [3.63, 3.8) is 0 Å². The van der Waals surface area contributed by atoms with Crippen LogP contribution in [0.3, 0.4) is 0 Å². The molecule has 0 aliphatic carbocycles. The molecule has 0 saturated carbocycles. The summed E-state index contributed by atoms with van der Waals surface area (Å²) >= 11 is 1.39. The first-order valence-electron chi connectivity index (χ1n) is 3.12. The van der Waals surface area contributed by atoms with Gasteiger partial charge in [0.05, 0.1) is 0 Å². The van der Waals surface area contributed by atoms with Crippen molar-refractivity contribution in [1.82, 2.24) is 0 Å². The summed E-state index contributed by atoms with van der Waals surface area (Å²) in [6, 6.07) is 5.16. The van der Waals surface area contributed by atoms with Crippen LogP contribution in [-0.2, 0) is 4.79 Å². The van der Waals surface area contributed by atoms with Gasteiger partial charge in [0.25, 0.3) is 0 Å². The van der Waals surface area contributed by atoms with Crippen molar-refractivity contribution in [2.75, 3.05) is 0 Å². The van der Waals surface area contributed by atoms with E-state index in [1.54, 1.807) is 18.2 Å². The van der Waals surface area contributed by atoms with Gasteiger partial charge in [-0.05, 0) is 17.5 Å². The molecule has 0 aromatic carbocycles. The van der Waals surface area contributed by atoms with Gasteiger partial charge in [0.15, 0.2) is 0 Å². The van der Waals surface area contributed by atoms with E-state index in [1.165, 1.54) is 17.4 Å². The van der Waals surface area contributed by atoms with Gasteiger partial charge in [0.2, 0.25) is 0 Å². The molecule has 1 heterocycles. The van der Waals surface area contributed by atoms with Gasteiger partial charge in [-0.2, -0.15) is 5.26 Å². The number of hydrogen-bond acceptors (Lipinski definition) is 3. The van der Waals surface area contributed by atoms with Crippen LogP contribution < -0.4 is 0 Å². The lowest BCUT2D eigenvalue weighted by atomic mass is 10.2. The molecule has 0 aliphatic rings. The van der Waals surface area contributed by atoms with Gasteiger partial charge in [0.1, 0.15) is 11.6 Å². The third-order valence-corrected chi connectivity index (χ3v) is 2.00. The zero-order chi connectivity index (χ0) is 8.97. The predicted molar refractivity (Wildman–Crippen MR) is 45.5 cm³/mol. The Bertz CT molecular complexity index is 346. The van der Waals surface area contributed by atoms with Crippen LogP contribution in [-0.4, -0.2) is 11.1 Å².